The lowest BCUT2D eigenvalue weighted by molar-refractivity contribution is -0.152. The molecular weight excluding hydrogens is 368 g/mol. The van der Waals surface area contributed by atoms with Gasteiger partial charge in [-0.1, -0.05) is 39.0 Å². The summed E-state index contributed by atoms with van der Waals surface area (Å²) in [5, 5.41) is 0.288. The van der Waals surface area contributed by atoms with E-state index in [1.165, 1.54) is 19.6 Å². The molecule has 27 heavy (non-hydrogen) atoms. The van der Waals surface area contributed by atoms with Crippen molar-refractivity contribution in [2.45, 2.75) is 57.7 Å². The molecule has 1 N–H and O–H groups in total. The molecule has 8 heteroatoms. The lowest BCUT2D eigenvalue weighted by Gasteiger charge is -2.36. The number of thioether (sulfide) groups is 1. The Balaban J connectivity index is 1.94. The highest BCUT2D eigenvalue weighted by Crippen LogP contribution is 2.35. The summed E-state index contributed by atoms with van der Waals surface area (Å²) in [5.41, 5.74) is -0.0665. The molecule has 1 fully saturated rings. The van der Waals surface area contributed by atoms with Crippen molar-refractivity contribution in [3.63, 3.8) is 0 Å². The van der Waals surface area contributed by atoms with E-state index in [0.717, 1.165) is 24.6 Å². The lowest BCUT2D eigenvalue weighted by Crippen LogP contribution is -2.36. The van der Waals surface area contributed by atoms with Crippen LogP contribution in [0.3, 0.4) is 0 Å². The number of esters is 2. The van der Waals surface area contributed by atoms with E-state index in [-0.39, 0.29) is 35.0 Å². The summed E-state index contributed by atoms with van der Waals surface area (Å²) < 4.78 is 10.3. The van der Waals surface area contributed by atoms with E-state index >= 15 is 0 Å². The van der Waals surface area contributed by atoms with Gasteiger partial charge >= 0.3 is 11.9 Å². The van der Waals surface area contributed by atoms with Gasteiger partial charge in [0.15, 0.2) is 5.16 Å². The second kappa shape index (κ2) is 9.92. The molecule has 0 aliphatic heterocycles. The third-order valence-electron chi connectivity index (χ3n) is 4.90. The Labute approximate surface area is 163 Å². The van der Waals surface area contributed by atoms with E-state index in [1.807, 2.05) is 0 Å². The highest BCUT2D eigenvalue weighted by atomic mass is 32.2. The van der Waals surface area contributed by atoms with Crippen LogP contribution in [0.25, 0.3) is 0 Å². The van der Waals surface area contributed by atoms with E-state index in [9.17, 15) is 14.4 Å². The molecule has 1 aromatic rings. The summed E-state index contributed by atoms with van der Waals surface area (Å²) in [6.07, 6.45) is 3.00. The minimum absolute atomic E-state index is 0.0559. The Bertz CT molecular complexity index is 718. The van der Waals surface area contributed by atoms with Crippen LogP contribution < -0.4 is 5.56 Å². The first-order chi connectivity index (χ1) is 12.8. The molecule has 2 rings (SSSR count). The van der Waals surface area contributed by atoms with Crippen molar-refractivity contribution in [2.75, 3.05) is 12.9 Å². The second-order valence-electron chi connectivity index (χ2n) is 7.44. The van der Waals surface area contributed by atoms with Gasteiger partial charge in [-0.2, -0.15) is 0 Å². The van der Waals surface area contributed by atoms with Gasteiger partial charge in [-0.05, 0) is 30.6 Å². The predicted molar refractivity (Wildman–Crippen MR) is 103 cm³/mol. The molecule has 1 aromatic heterocycles. The number of nitrogens with zero attached hydrogens (tertiary/aromatic N) is 1. The molecule has 1 aliphatic rings. The van der Waals surface area contributed by atoms with Gasteiger partial charge in [0.2, 0.25) is 0 Å². The van der Waals surface area contributed by atoms with Crippen LogP contribution in [-0.4, -0.2) is 40.9 Å². The van der Waals surface area contributed by atoms with Gasteiger partial charge in [0.25, 0.3) is 5.56 Å². The summed E-state index contributed by atoms with van der Waals surface area (Å²) >= 11 is 1.10. The largest absolute Gasteiger partial charge is 0.469 e. The molecule has 3 atom stereocenters. The predicted octanol–water partition coefficient (Wildman–Crippen LogP) is 2.58. The summed E-state index contributed by atoms with van der Waals surface area (Å²) in [4.78, 5) is 42.1. The minimum atomic E-state index is -0.477. The molecule has 7 nitrogen and oxygen atoms in total. The number of carbonyl (C=O) groups is 2. The van der Waals surface area contributed by atoms with Gasteiger partial charge in [-0.15, -0.1) is 0 Å². The van der Waals surface area contributed by atoms with Crippen LogP contribution >= 0.6 is 11.8 Å². The SMILES string of the molecule is COC(=O)Cc1cc(=O)[nH]c(SCC(=O)O[C@@H]2C[C@H](C)CC[C@H]2C(C)C)n1. The van der Waals surface area contributed by atoms with E-state index in [2.05, 4.69) is 35.5 Å². The monoisotopic (exact) mass is 396 g/mol. The average Bonchev–Trinajstić information content (AvgIpc) is 2.59. The van der Waals surface area contributed by atoms with Crippen molar-refractivity contribution in [1.82, 2.24) is 9.97 Å². The zero-order valence-corrected chi connectivity index (χ0v) is 17.1. The van der Waals surface area contributed by atoms with E-state index in [1.54, 1.807) is 0 Å². The Morgan fingerprint density at radius 1 is 1.33 bits per heavy atom. The topological polar surface area (TPSA) is 98.4 Å². The summed E-state index contributed by atoms with van der Waals surface area (Å²) in [5.74, 6) is 0.673. The quantitative estimate of drug-likeness (QED) is 0.430. The molecule has 0 amide bonds. The number of carbonyl (C=O) groups excluding carboxylic acids is 2. The van der Waals surface area contributed by atoms with Crippen molar-refractivity contribution in [3.05, 3.63) is 22.1 Å². The fourth-order valence-electron chi connectivity index (χ4n) is 3.44. The number of ether oxygens (including phenoxy) is 2. The van der Waals surface area contributed by atoms with Gasteiger partial charge in [-0.3, -0.25) is 14.4 Å². The minimum Gasteiger partial charge on any atom is -0.469 e. The normalized spacial score (nSPS) is 22.5. The summed E-state index contributed by atoms with van der Waals surface area (Å²) in [7, 11) is 1.28. The fourth-order valence-corrected chi connectivity index (χ4v) is 4.12. The maximum Gasteiger partial charge on any atom is 0.316 e. The number of rotatable bonds is 7. The number of nitrogens with one attached hydrogen (secondary N) is 1. The maximum absolute atomic E-state index is 12.3. The van der Waals surface area contributed by atoms with Crippen molar-refractivity contribution in [3.8, 4) is 0 Å². The summed E-state index contributed by atoms with van der Waals surface area (Å²) in [6, 6.07) is 1.25. The van der Waals surface area contributed by atoms with Gasteiger partial charge in [0, 0.05) is 6.07 Å². The highest BCUT2D eigenvalue weighted by molar-refractivity contribution is 7.99. The Kier molecular flexibility index (Phi) is 7.89. The number of aromatic amines is 1. The molecule has 1 saturated carbocycles. The third-order valence-corrected chi connectivity index (χ3v) is 5.74. The molecule has 0 aromatic carbocycles. The van der Waals surface area contributed by atoms with Crippen molar-refractivity contribution < 1.29 is 19.1 Å². The number of methoxy groups -OCH3 is 1. The lowest BCUT2D eigenvalue weighted by atomic mass is 9.75. The highest BCUT2D eigenvalue weighted by Gasteiger charge is 2.33. The van der Waals surface area contributed by atoms with Crippen molar-refractivity contribution in [1.29, 1.82) is 0 Å². The number of hydrogen-bond donors (Lipinski definition) is 1. The first-order valence-electron chi connectivity index (χ1n) is 9.27. The standard InChI is InChI=1S/C19H28N2O5S/c1-11(2)14-6-5-12(3)7-15(14)26-18(24)10-27-19-20-13(8-16(22)21-19)9-17(23)25-4/h8,11-12,14-15H,5-7,9-10H2,1-4H3,(H,20,21,22)/t12-,14+,15-/m1/s1. The smallest absolute Gasteiger partial charge is 0.316 e. The first-order valence-corrected chi connectivity index (χ1v) is 10.3. The van der Waals surface area contributed by atoms with Gasteiger partial charge in [0.1, 0.15) is 6.10 Å². The van der Waals surface area contributed by atoms with Crippen LogP contribution in [0.2, 0.25) is 0 Å². The molecule has 0 bridgehead atoms. The van der Waals surface area contributed by atoms with Crippen LogP contribution in [0.15, 0.2) is 16.0 Å². The zero-order valence-electron chi connectivity index (χ0n) is 16.3. The van der Waals surface area contributed by atoms with Gasteiger partial charge in [0.05, 0.1) is 25.0 Å². The molecule has 150 valence electrons. The van der Waals surface area contributed by atoms with Crippen LogP contribution in [-0.2, 0) is 25.5 Å². The number of hydrogen-bond acceptors (Lipinski definition) is 7. The second-order valence-corrected chi connectivity index (χ2v) is 8.40. The Morgan fingerprint density at radius 3 is 2.74 bits per heavy atom. The van der Waals surface area contributed by atoms with E-state index in [4.69, 9.17) is 4.74 Å². The number of aromatic nitrogens is 2. The average molecular weight is 397 g/mol. The van der Waals surface area contributed by atoms with Crippen LogP contribution in [0.4, 0.5) is 0 Å². The molecule has 1 aliphatic carbocycles. The fraction of sp³-hybridized carbons (Fsp3) is 0.684. The zero-order chi connectivity index (χ0) is 20.0. The summed E-state index contributed by atoms with van der Waals surface area (Å²) in [6.45, 7) is 6.52. The van der Waals surface area contributed by atoms with E-state index in [0.29, 0.717) is 23.4 Å². The Hall–Kier alpha value is -1.83. The van der Waals surface area contributed by atoms with Crippen LogP contribution in [0.5, 0.6) is 0 Å². The molecule has 1 heterocycles. The van der Waals surface area contributed by atoms with Gasteiger partial charge in [-0.25, -0.2) is 4.98 Å². The molecule has 0 radical (unpaired) electrons. The molecular formula is C19H28N2O5S. The maximum atomic E-state index is 12.3. The van der Waals surface area contributed by atoms with Crippen molar-refractivity contribution >= 4 is 23.7 Å². The molecule has 0 unspecified atom stereocenters. The number of H-pyrrole nitrogens is 1. The molecule has 0 saturated heterocycles. The Morgan fingerprint density at radius 2 is 2.07 bits per heavy atom. The third kappa shape index (κ3) is 6.68. The first kappa shape index (κ1) is 21.5. The van der Waals surface area contributed by atoms with Gasteiger partial charge < -0.3 is 14.5 Å². The van der Waals surface area contributed by atoms with Crippen LogP contribution in [0, 0.1) is 17.8 Å². The van der Waals surface area contributed by atoms with E-state index < -0.39 is 5.97 Å². The van der Waals surface area contributed by atoms with Crippen LogP contribution in [0.1, 0.15) is 45.7 Å². The van der Waals surface area contributed by atoms with Crippen molar-refractivity contribution in [2.24, 2.45) is 17.8 Å². The molecule has 0 spiro atoms.